The maximum Gasteiger partial charge on any atom is 0.129 e. The second kappa shape index (κ2) is 5.36. The third kappa shape index (κ3) is 2.74. The Labute approximate surface area is 113 Å². The first-order chi connectivity index (χ1) is 9.33. The Morgan fingerprint density at radius 1 is 1.32 bits per heavy atom. The van der Waals surface area contributed by atoms with Gasteiger partial charge in [0.25, 0.3) is 0 Å². The van der Waals surface area contributed by atoms with Gasteiger partial charge in [-0.15, -0.1) is 0 Å². The summed E-state index contributed by atoms with van der Waals surface area (Å²) in [6.07, 6.45) is 2.90. The number of nitrogens with zero attached hydrogens (tertiary/aromatic N) is 2. The molecule has 2 aromatic rings. The van der Waals surface area contributed by atoms with Crippen LogP contribution in [0.1, 0.15) is 23.0 Å². The van der Waals surface area contributed by atoms with E-state index in [2.05, 4.69) is 44.9 Å². The van der Waals surface area contributed by atoms with Gasteiger partial charge in [-0.1, -0.05) is 24.3 Å². The molecule has 0 saturated carbocycles. The highest BCUT2D eigenvalue weighted by molar-refractivity contribution is 5.37. The first kappa shape index (κ1) is 12.1. The molecule has 1 aromatic heterocycles. The zero-order valence-electron chi connectivity index (χ0n) is 11.1. The molecular weight excluding hydrogens is 236 g/mol. The predicted molar refractivity (Wildman–Crippen MR) is 76.1 cm³/mol. The fourth-order valence-electron chi connectivity index (χ4n) is 2.54. The predicted octanol–water partition coefficient (Wildman–Crippen LogP) is 2.08. The highest BCUT2D eigenvalue weighted by Crippen LogP contribution is 2.22. The molecule has 98 valence electrons. The van der Waals surface area contributed by atoms with Crippen molar-refractivity contribution in [3.05, 3.63) is 53.5 Å². The van der Waals surface area contributed by atoms with Crippen molar-refractivity contribution in [3.8, 4) is 0 Å². The fourth-order valence-corrected chi connectivity index (χ4v) is 2.54. The van der Waals surface area contributed by atoms with E-state index < -0.39 is 0 Å². The molecule has 0 amide bonds. The molecule has 0 aliphatic carbocycles. The van der Waals surface area contributed by atoms with Crippen molar-refractivity contribution in [1.29, 1.82) is 0 Å². The molecule has 1 aliphatic heterocycles. The van der Waals surface area contributed by atoms with Gasteiger partial charge in [-0.3, -0.25) is 0 Å². The summed E-state index contributed by atoms with van der Waals surface area (Å²) in [6, 6.07) is 10.9. The lowest BCUT2D eigenvalue weighted by Gasteiger charge is -2.27. The largest absolute Gasteiger partial charge is 0.368 e. The van der Waals surface area contributed by atoms with Crippen molar-refractivity contribution in [2.45, 2.75) is 19.4 Å². The van der Waals surface area contributed by atoms with Gasteiger partial charge in [-0.2, -0.15) is 0 Å². The van der Waals surface area contributed by atoms with E-state index in [1.165, 1.54) is 11.1 Å². The highest BCUT2D eigenvalue weighted by Gasteiger charge is 2.18. The molecule has 0 spiro atoms. The van der Waals surface area contributed by atoms with Gasteiger partial charge in [0.05, 0.1) is 0 Å². The van der Waals surface area contributed by atoms with E-state index in [0.29, 0.717) is 6.04 Å². The normalized spacial score (nSPS) is 17.8. The Hall–Kier alpha value is -1.94. The number of hydrogen-bond donors (Lipinski definition) is 2. The SMILES string of the molecule is Cc1nccc(NCC2NCCc3ccccc32)n1. The van der Waals surface area contributed by atoms with Crippen LogP contribution in [0.15, 0.2) is 36.5 Å². The summed E-state index contributed by atoms with van der Waals surface area (Å²) in [6.45, 7) is 3.78. The highest BCUT2D eigenvalue weighted by atomic mass is 15.1. The molecule has 19 heavy (non-hydrogen) atoms. The molecule has 2 N–H and O–H groups in total. The standard InChI is InChI=1S/C15H18N4/c1-11-16-9-7-15(19-11)18-10-14-13-5-3-2-4-12(13)6-8-17-14/h2-5,7,9,14,17H,6,8,10H2,1H3,(H,16,18,19). The molecule has 0 fully saturated rings. The minimum absolute atomic E-state index is 0.347. The molecule has 0 bridgehead atoms. The van der Waals surface area contributed by atoms with Crippen LogP contribution in [0.5, 0.6) is 0 Å². The van der Waals surface area contributed by atoms with Crippen LogP contribution in [0.25, 0.3) is 0 Å². The average Bonchev–Trinajstić information content (AvgIpc) is 2.45. The number of aryl methyl sites for hydroxylation is 1. The Balaban J connectivity index is 1.71. The minimum atomic E-state index is 0.347. The van der Waals surface area contributed by atoms with Gasteiger partial charge < -0.3 is 10.6 Å². The lowest BCUT2D eigenvalue weighted by Crippen LogP contribution is -2.34. The van der Waals surface area contributed by atoms with Crippen LogP contribution >= 0.6 is 0 Å². The van der Waals surface area contributed by atoms with Crippen molar-refractivity contribution < 1.29 is 0 Å². The van der Waals surface area contributed by atoms with E-state index in [0.717, 1.165) is 31.2 Å². The summed E-state index contributed by atoms with van der Waals surface area (Å²) in [7, 11) is 0. The average molecular weight is 254 g/mol. The Bertz CT molecular complexity index is 568. The van der Waals surface area contributed by atoms with E-state index in [-0.39, 0.29) is 0 Å². The lowest BCUT2D eigenvalue weighted by molar-refractivity contribution is 0.523. The van der Waals surface area contributed by atoms with Gasteiger partial charge in [0.1, 0.15) is 11.6 Å². The van der Waals surface area contributed by atoms with Gasteiger partial charge in [-0.05, 0) is 37.1 Å². The molecule has 0 radical (unpaired) electrons. The monoisotopic (exact) mass is 254 g/mol. The molecule has 1 aromatic carbocycles. The summed E-state index contributed by atoms with van der Waals surface area (Å²) in [5.41, 5.74) is 2.85. The first-order valence-electron chi connectivity index (χ1n) is 6.67. The van der Waals surface area contributed by atoms with Crippen LogP contribution in [0.3, 0.4) is 0 Å². The summed E-state index contributed by atoms with van der Waals surface area (Å²) in [5, 5.41) is 6.94. The maximum absolute atomic E-state index is 4.36. The Morgan fingerprint density at radius 2 is 2.21 bits per heavy atom. The van der Waals surface area contributed by atoms with Crippen molar-refractivity contribution >= 4 is 5.82 Å². The Kier molecular flexibility index (Phi) is 3.42. The maximum atomic E-state index is 4.36. The molecule has 1 unspecified atom stereocenters. The summed E-state index contributed by atoms with van der Waals surface area (Å²) < 4.78 is 0. The van der Waals surface area contributed by atoms with E-state index in [1.54, 1.807) is 6.20 Å². The van der Waals surface area contributed by atoms with Gasteiger partial charge in [-0.25, -0.2) is 9.97 Å². The topological polar surface area (TPSA) is 49.8 Å². The zero-order chi connectivity index (χ0) is 13.1. The van der Waals surface area contributed by atoms with Crippen molar-refractivity contribution in [3.63, 3.8) is 0 Å². The van der Waals surface area contributed by atoms with Crippen molar-refractivity contribution in [2.75, 3.05) is 18.4 Å². The van der Waals surface area contributed by atoms with Crippen LogP contribution in [-0.4, -0.2) is 23.1 Å². The van der Waals surface area contributed by atoms with Gasteiger partial charge in [0.2, 0.25) is 0 Å². The number of hydrogen-bond acceptors (Lipinski definition) is 4. The second-order valence-corrected chi connectivity index (χ2v) is 4.83. The van der Waals surface area contributed by atoms with Crippen LogP contribution in [-0.2, 0) is 6.42 Å². The number of fused-ring (bicyclic) bond motifs is 1. The number of anilines is 1. The lowest BCUT2D eigenvalue weighted by atomic mass is 9.94. The number of aromatic nitrogens is 2. The summed E-state index contributed by atoms with van der Waals surface area (Å²) >= 11 is 0. The number of nitrogens with one attached hydrogen (secondary N) is 2. The van der Waals surface area contributed by atoms with Crippen molar-refractivity contribution in [1.82, 2.24) is 15.3 Å². The molecule has 0 saturated heterocycles. The number of rotatable bonds is 3. The third-order valence-corrected chi connectivity index (χ3v) is 3.48. The van der Waals surface area contributed by atoms with Crippen LogP contribution in [0.4, 0.5) is 5.82 Å². The molecular formula is C15H18N4. The van der Waals surface area contributed by atoms with Gasteiger partial charge in [0, 0.05) is 18.8 Å². The fraction of sp³-hybridized carbons (Fsp3) is 0.333. The molecule has 4 heteroatoms. The smallest absolute Gasteiger partial charge is 0.129 e. The minimum Gasteiger partial charge on any atom is -0.368 e. The molecule has 1 aliphatic rings. The van der Waals surface area contributed by atoms with E-state index in [4.69, 9.17) is 0 Å². The summed E-state index contributed by atoms with van der Waals surface area (Å²) in [4.78, 5) is 8.47. The van der Waals surface area contributed by atoms with E-state index in [1.807, 2.05) is 13.0 Å². The van der Waals surface area contributed by atoms with Gasteiger partial charge >= 0.3 is 0 Å². The summed E-state index contributed by atoms with van der Waals surface area (Å²) in [5.74, 6) is 1.68. The van der Waals surface area contributed by atoms with E-state index in [9.17, 15) is 0 Å². The van der Waals surface area contributed by atoms with Crippen molar-refractivity contribution in [2.24, 2.45) is 0 Å². The van der Waals surface area contributed by atoms with Crippen LogP contribution in [0.2, 0.25) is 0 Å². The first-order valence-corrected chi connectivity index (χ1v) is 6.67. The molecule has 3 rings (SSSR count). The third-order valence-electron chi connectivity index (χ3n) is 3.48. The van der Waals surface area contributed by atoms with Crippen LogP contribution in [0, 0.1) is 6.92 Å². The second-order valence-electron chi connectivity index (χ2n) is 4.83. The quantitative estimate of drug-likeness (QED) is 0.880. The van der Waals surface area contributed by atoms with Crippen LogP contribution < -0.4 is 10.6 Å². The zero-order valence-corrected chi connectivity index (χ0v) is 11.1. The van der Waals surface area contributed by atoms with Gasteiger partial charge in [0.15, 0.2) is 0 Å². The van der Waals surface area contributed by atoms with E-state index >= 15 is 0 Å². The Morgan fingerprint density at radius 3 is 3.11 bits per heavy atom. The number of benzene rings is 1. The molecule has 1 atom stereocenters. The molecule has 4 nitrogen and oxygen atoms in total. The molecule has 2 heterocycles.